The van der Waals surface area contributed by atoms with Gasteiger partial charge in [-0.25, -0.2) is 12.8 Å². The molecule has 0 saturated carbocycles. The van der Waals surface area contributed by atoms with Crippen LogP contribution in [0.5, 0.6) is 11.5 Å². The highest BCUT2D eigenvalue weighted by Gasteiger charge is 2.25. The molecule has 0 fully saturated rings. The maximum atomic E-state index is 13.9. The summed E-state index contributed by atoms with van der Waals surface area (Å²) in [5, 5.41) is 0. The van der Waals surface area contributed by atoms with Crippen LogP contribution in [0.15, 0.2) is 60.0 Å². The van der Waals surface area contributed by atoms with Crippen molar-refractivity contribution in [2.45, 2.75) is 11.8 Å². The smallest absolute Gasteiger partial charge is 0.264 e. The molecule has 2 rings (SSSR count). The average molecular weight is 365 g/mol. The Balaban J connectivity index is 2.49. The summed E-state index contributed by atoms with van der Waals surface area (Å²) in [6.45, 7) is 5.94. The van der Waals surface area contributed by atoms with Crippen molar-refractivity contribution in [1.82, 2.24) is 0 Å². The molecule has 7 heteroatoms. The average Bonchev–Trinajstić information content (AvgIpc) is 2.60. The second-order valence-electron chi connectivity index (χ2n) is 5.05. The second kappa shape index (κ2) is 8.02. The molecule has 0 atom stereocenters. The Labute approximate surface area is 147 Å². The number of methoxy groups -OCH3 is 1. The van der Waals surface area contributed by atoms with Crippen LogP contribution in [0, 0.1) is 5.82 Å². The number of sulfonamides is 1. The second-order valence-corrected chi connectivity index (χ2v) is 6.91. The summed E-state index contributed by atoms with van der Waals surface area (Å²) in [5.74, 6) is -0.220. The number of halogens is 1. The van der Waals surface area contributed by atoms with Crippen LogP contribution in [0.3, 0.4) is 0 Å². The molecule has 0 aliphatic rings. The summed E-state index contributed by atoms with van der Waals surface area (Å²) in [6, 6.07) is 10.2. The fourth-order valence-electron chi connectivity index (χ4n) is 2.29. The third-order valence-corrected chi connectivity index (χ3v) is 5.21. The van der Waals surface area contributed by atoms with Gasteiger partial charge in [-0.15, -0.1) is 6.58 Å². The van der Waals surface area contributed by atoms with E-state index in [1.165, 1.54) is 25.3 Å². The fraction of sp³-hybridized carbons (Fsp3) is 0.222. The van der Waals surface area contributed by atoms with Crippen molar-refractivity contribution in [3.05, 3.63) is 60.9 Å². The lowest BCUT2D eigenvalue weighted by atomic mass is 10.3. The summed E-state index contributed by atoms with van der Waals surface area (Å²) in [5.41, 5.74) is 0.405. The molecule has 2 aromatic carbocycles. The van der Waals surface area contributed by atoms with Gasteiger partial charge in [-0.1, -0.05) is 12.1 Å². The molecule has 0 aliphatic heterocycles. The zero-order valence-electron chi connectivity index (χ0n) is 14.1. The van der Waals surface area contributed by atoms with Crippen LogP contribution >= 0.6 is 0 Å². The predicted octanol–water partition coefficient (Wildman–Crippen LogP) is 3.61. The van der Waals surface area contributed by atoms with E-state index < -0.39 is 15.8 Å². The molecular formula is C18H20FNO4S. The number of benzene rings is 2. The highest BCUT2D eigenvalue weighted by molar-refractivity contribution is 7.92. The molecule has 0 amide bonds. The number of rotatable bonds is 8. The Bertz CT molecular complexity index is 852. The van der Waals surface area contributed by atoms with Crippen molar-refractivity contribution in [2.24, 2.45) is 0 Å². The molecule has 2 aromatic rings. The van der Waals surface area contributed by atoms with E-state index in [0.717, 1.165) is 10.4 Å². The molecule has 0 spiro atoms. The van der Waals surface area contributed by atoms with Crippen molar-refractivity contribution >= 4 is 15.7 Å². The normalized spacial score (nSPS) is 11.0. The van der Waals surface area contributed by atoms with Crippen LogP contribution in [-0.2, 0) is 10.0 Å². The van der Waals surface area contributed by atoms with Gasteiger partial charge in [0.05, 0.1) is 30.8 Å². The Morgan fingerprint density at radius 2 is 2.00 bits per heavy atom. The lowest BCUT2D eigenvalue weighted by Crippen LogP contribution is -2.31. The van der Waals surface area contributed by atoms with E-state index in [1.807, 2.05) is 6.92 Å². The minimum absolute atomic E-state index is 0.0208. The van der Waals surface area contributed by atoms with Crippen LogP contribution in [0.1, 0.15) is 6.92 Å². The van der Waals surface area contributed by atoms with Crippen LogP contribution in [0.2, 0.25) is 0 Å². The van der Waals surface area contributed by atoms with Gasteiger partial charge in [0.25, 0.3) is 10.0 Å². The standard InChI is InChI=1S/C18H20FNO4S/c1-4-11-20(14-7-6-8-15(12-14)24-5-2)25(21,22)16-9-10-18(23-3)17(19)13-16/h4,6-10,12-13H,1,5,11H2,2-3H3. The first-order valence-electron chi connectivity index (χ1n) is 7.64. The topological polar surface area (TPSA) is 55.8 Å². The maximum absolute atomic E-state index is 13.9. The molecule has 0 radical (unpaired) electrons. The van der Waals surface area contributed by atoms with Gasteiger partial charge in [-0.2, -0.15) is 0 Å². The van der Waals surface area contributed by atoms with Gasteiger partial charge in [0.2, 0.25) is 0 Å². The number of hydrogen-bond acceptors (Lipinski definition) is 4. The minimum Gasteiger partial charge on any atom is -0.494 e. The fourth-order valence-corrected chi connectivity index (χ4v) is 3.73. The summed E-state index contributed by atoms with van der Waals surface area (Å²) in [7, 11) is -2.67. The Kier molecular flexibility index (Phi) is 6.03. The first-order chi connectivity index (χ1) is 11.9. The number of nitrogens with zero attached hydrogens (tertiary/aromatic N) is 1. The lowest BCUT2D eigenvalue weighted by Gasteiger charge is -2.23. The summed E-state index contributed by atoms with van der Waals surface area (Å²) in [6.07, 6.45) is 1.46. The molecule has 5 nitrogen and oxygen atoms in total. The third kappa shape index (κ3) is 4.11. The molecule has 0 aromatic heterocycles. The van der Waals surface area contributed by atoms with Gasteiger partial charge in [0.15, 0.2) is 11.6 Å². The number of hydrogen-bond donors (Lipinski definition) is 0. The first-order valence-corrected chi connectivity index (χ1v) is 9.08. The highest BCUT2D eigenvalue weighted by Crippen LogP contribution is 2.29. The van der Waals surface area contributed by atoms with Crippen LogP contribution in [0.4, 0.5) is 10.1 Å². The number of anilines is 1. The quantitative estimate of drug-likeness (QED) is 0.671. The Morgan fingerprint density at radius 1 is 1.24 bits per heavy atom. The van der Waals surface area contributed by atoms with Gasteiger partial charge < -0.3 is 9.47 Å². The maximum Gasteiger partial charge on any atom is 0.264 e. The van der Waals surface area contributed by atoms with Crippen molar-refractivity contribution in [1.29, 1.82) is 0 Å². The molecule has 0 N–H and O–H groups in total. The predicted molar refractivity (Wildman–Crippen MR) is 95.3 cm³/mol. The van der Waals surface area contributed by atoms with Gasteiger partial charge in [0.1, 0.15) is 5.75 Å². The van der Waals surface area contributed by atoms with Crippen LogP contribution in [0.25, 0.3) is 0 Å². The van der Waals surface area contributed by atoms with Crippen molar-refractivity contribution in [3.8, 4) is 11.5 Å². The van der Waals surface area contributed by atoms with Crippen molar-refractivity contribution in [3.63, 3.8) is 0 Å². The summed E-state index contributed by atoms with van der Waals surface area (Å²) in [4.78, 5) is -0.172. The van der Waals surface area contributed by atoms with Crippen LogP contribution in [-0.4, -0.2) is 28.7 Å². The minimum atomic E-state index is -3.98. The van der Waals surface area contributed by atoms with E-state index >= 15 is 0 Å². The molecule has 0 heterocycles. The largest absolute Gasteiger partial charge is 0.494 e. The number of ether oxygens (including phenoxy) is 2. The van der Waals surface area contributed by atoms with Gasteiger partial charge in [-0.05, 0) is 37.3 Å². The molecule has 0 unspecified atom stereocenters. The molecule has 25 heavy (non-hydrogen) atoms. The zero-order chi connectivity index (χ0) is 18.4. The SMILES string of the molecule is C=CCN(c1cccc(OCC)c1)S(=O)(=O)c1ccc(OC)c(F)c1. The summed E-state index contributed by atoms with van der Waals surface area (Å²) < 4.78 is 51.3. The zero-order valence-corrected chi connectivity index (χ0v) is 14.9. The van der Waals surface area contributed by atoms with E-state index in [9.17, 15) is 12.8 Å². The van der Waals surface area contributed by atoms with Crippen molar-refractivity contribution in [2.75, 3.05) is 24.6 Å². The van der Waals surface area contributed by atoms with Gasteiger partial charge in [0, 0.05) is 6.07 Å². The van der Waals surface area contributed by atoms with Gasteiger partial charge >= 0.3 is 0 Å². The molecule has 0 saturated heterocycles. The monoisotopic (exact) mass is 365 g/mol. The van der Waals surface area contributed by atoms with Gasteiger partial charge in [-0.3, -0.25) is 4.31 Å². The Morgan fingerprint density at radius 3 is 2.60 bits per heavy atom. The van der Waals surface area contributed by atoms with E-state index in [-0.39, 0.29) is 17.2 Å². The van der Waals surface area contributed by atoms with E-state index in [4.69, 9.17) is 9.47 Å². The molecular weight excluding hydrogens is 345 g/mol. The third-order valence-electron chi connectivity index (χ3n) is 3.42. The summed E-state index contributed by atoms with van der Waals surface area (Å²) >= 11 is 0. The lowest BCUT2D eigenvalue weighted by molar-refractivity contribution is 0.340. The van der Waals surface area contributed by atoms with E-state index in [0.29, 0.717) is 18.0 Å². The molecule has 0 bridgehead atoms. The molecule has 0 aliphatic carbocycles. The van der Waals surface area contributed by atoms with E-state index in [2.05, 4.69) is 6.58 Å². The van der Waals surface area contributed by atoms with Crippen LogP contribution < -0.4 is 13.8 Å². The Hall–Kier alpha value is -2.54. The highest BCUT2D eigenvalue weighted by atomic mass is 32.2. The van der Waals surface area contributed by atoms with E-state index in [1.54, 1.807) is 24.3 Å². The first kappa shape index (κ1) is 18.8. The molecule has 134 valence electrons. The van der Waals surface area contributed by atoms with Crippen molar-refractivity contribution < 1.29 is 22.3 Å².